The van der Waals surface area contributed by atoms with Gasteiger partial charge in [0.05, 0.1) is 0 Å². The Morgan fingerprint density at radius 3 is 2.76 bits per heavy atom. The van der Waals surface area contributed by atoms with Crippen LogP contribution in [0.2, 0.25) is 0 Å². The van der Waals surface area contributed by atoms with Gasteiger partial charge in [0.25, 0.3) is 0 Å². The maximum absolute atomic E-state index is 13.5. The van der Waals surface area contributed by atoms with E-state index in [0.717, 1.165) is 30.8 Å². The quantitative estimate of drug-likeness (QED) is 0.764. The third-order valence-electron chi connectivity index (χ3n) is 3.20. The van der Waals surface area contributed by atoms with E-state index in [0.29, 0.717) is 6.04 Å². The molecule has 1 aromatic rings. The van der Waals surface area contributed by atoms with Crippen LogP contribution in [0.1, 0.15) is 31.7 Å². The summed E-state index contributed by atoms with van der Waals surface area (Å²) >= 11 is 0. The van der Waals surface area contributed by atoms with E-state index in [9.17, 15) is 4.39 Å². The standard InChI is InChI=1S/C14H21FN2/c1-3-6-16-10-11-7-12(15)9-14(8-11)17(2)13-4-5-13/h7-9,13,16H,3-6,10H2,1-2H3. The molecule has 2 rings (SSSR count). The van der Waals surface area contributed by atoms with Gasteiger partial charge in [0, 0.05) is 25.3 Å². The average molecular weight is 236 g/mol. The molecule has 0 aromatic heterocycles. The lowest BCUT2D eigenvalue weighted by Crippen LogP contribution is -2.20. The molecule has 0 bridgehead atoms. The minimum absolute atomic E-state index is 0.136. The summed E-state index contributed by atoms with van der Waals surface area (Å²) in [5, 5.41) is 3.30. The van der Waals surface area contributed by atoms with Crippen molar-refractivity contribution in [2.24, 2.45) is 0 Å². The first-order valence-corrected chi connectivity index (χ1v) is 6.43. The molecule has 0 atom stereocenters. The first kappa shape index (κ1) is 12.4. The van der Waals surface area contributed by atoms with Crippen LogP contribution in [0.15, 0.2) is 18.2 Å². The fraction of sp³-hybridized carbons (Fsp3) is 0.571. The van der Waals surface area contributed by atoms with Crippen molar-refractivity contribution in [2.75, 3.05) is 18.5 Å². The molecule has 1 aromatic carbocycles. The van der Waals surface area contributed by atoms with Crippen molar-refractivity contribution in [3.63, 3.8) is 0 Å². The summed E-state index contributed by atoms with van der Waals surface area (Å²) in [5.74, 6) is -0.136. The van der Waals surface area contributed by atoms with Gasteiger partial charge in [-0.15, -0.1) is 0 Å². The van der Waals surface area contributed by atoms with Gasteiger partial charge in [-0.3, -0.25) is 0 Å². The molecule has 1 saturated carbocycles. The lowest BCUT2D eigenvalue weighted by molar-refractivity contribution is 0.618. The Hall–Kier alpha value is -1.09. The van der Waals surface area contributed by atoms with E-state index in [1.807, 2.05) is 0 Å². The summed E-state index contributed by atoms with van der Waals surface area (Å²) in [6.45, 7) is 3.85. The van der Waals surface area contributed by atoms with E-state index < -0.39 is 0 Å². The molecule has 0 unspecified atom stereocenters. The van der Waals surface area contributed by atoms with Crippen molar-refractivity contribution >= 4 is 5.69 Å². The number of nitrogens with one attached hydrogen (secondary N) is 1. The molecule has 1 N–H and O–H groups in total. The molecule has 2 nitrogen and oxygen atoms in total. The predicted octanol–water partition coefficient (Wildman–Crippen LogP) is 2.92. The van der Waals surface area contributed by atoms with Crippen LogP contribution >= 0.6 is 0 Å². The second kappa shape index (κ2) is 5.50. The Kier molecular flexibility index (Phi) is 4.00. The van der Waals surface area contributed by atoms with E-state index in [1.165, 1.54) is 12.8 Å². The molecule has 0 radical (unpaired) electrons. The van der Waals surface area contributed by atoms with Gasteiger partial charge in [0.2, 0.25) is 0 Å². The molecule has 3 heteroatoms. The molecular weight excluding hydrogens is 215 g/mol. The lowest BCUT2D eigenvalue weighted by atomic mass is 10.1. The zero-order chi connectivity index (χ0) is 12.3. The van der Waals surface area contributed by atoms with Crippen LogP contribution in [0.5, 0.6) is 0 Å². The van der Waals surface area contributed by atoms with Gasteiger partial charge in [-0.25, -0.2) is 4.39 Å². The molecule has 1 fully saturated rings. The first-order chi connectivity index (χ1) is 8.20. The highest BCUT2D eigenvalue weighted by Crippen LogP contribution is 2.30. The van der Waals surface area contributed by atoms with E-state index in [-0.39, 0.29) is 5.82 Å². The van der Waals surface area contributed by atoms with Crippen molar-refractivity contribution in [1.82, 2.24) is 5.32 Å². The van der Waals surface area contributed by atoms with Crippen molar-refractivity contribution < 1.29 is 4.39 Å². The monoisotopic (exact) mass is 236 g/mol. The SMILES string of the molecule is CCCNCc1cc(F)cc(N(C)C2CC2)c1. The Balaban J connectivity index is 2.05. The summed E-state index contributed by atoms with van der Waals surface area (Å²) < 4.78 is 13.5. The second-order valence-corrected chi connectivity index (χ2v) is 4.84. The highest BCUT2D eigenvalue weighted by molar-refractivity contribution is 5.50. The lowest BCUT2D eigenvalue weighted by Gasteiger charge is -2.19. The minimum atomic E-state index is -0.136. The van der Waals surface area contributed by atoms with E-state index >= 15 is 0 Å². The van der Waals surface area contributed by atoms with Crippen LogP contribution in [0.4, 0.5) is 10.1 Å². The van der Waals surface area contributed by atoms with Crippen molar-refractivity contribution in [1.29, 1.82) is 0 Å². The van der Waals surface area contributed by atoms with Crippen LogP contribution in [0.25, 0.3) is 0 Å². The largest absolute Gasteiger partial charge is 0.372 e. The molecule has 94 valence electrons. The van der Waals surface area contributed by atoms with Crippen LogP contribution in [0, 0.1) is 5.82 Å². The summed E-state index contributed by atoms with van der Waals surface area (Å²) in [7, 11) is 2.05. The average Bonchev–Trinajstić information content (AvgIpc) is 3.11. The van der Waals surface area contributed by atoms with Gasteiger partial charge in [-0.1, -0.05) is 6.92 Å². The zero-order valence-electron chi connectivity index (χ0n) is 10.7. The molecular formula is C14H21FN2. The number of rotatable bonds is 6. The Bertz CT molecular complexity index is 374. The van der Waals surface area contributed by atoms with Crippen molar-refractivity contribution in [3.05, 3.63) is 29.6 Å². The maximum atomic E-state index is 13.5. The number of halogens is 1. The first-order valence-electron chi connectivity index (χ1n) is 6.43. The predicted molar refractivity (Wildman–Crippen MR) is 69.8 cm³/mol. The van der Waals surface area contributed by atoms with E-state index in [2.05, 4.69) is 30.3 Å². The fourth-order valence-electron chi connectivity index (χ4n) is 2.02. The number of hydrogen-bond donors (Lipinski definition) is 1. The van der Waals surface area contributed by atoms with Gasteiger partial charge < -0.3 is 10.2 Å². The number of hydrogen-bond acceptors (Lipinski definition) is 2. The Morgan fingerprint density at radius 1 is 1.35 bits per heavy atom. The number of anilines is 1. The fourth-order valence-corrected chi connectivity index (χ4v) is 2.02. The van der Waals surface area contributed by atoms with Crippen LogP contribution in [-0.2, 0) is 6.54 Å². The van der Waals surface area contributed by atoms with Gasteiger partial charge in [0.15, 0.2) is 0 Å². The van der Waals surface area contributed by atoms with E-state index in [4.69, 9.17) is 0 Å². The zero-order valence-corrected chi connectivity index (χ0v) is 10.7. The summed E-state index contributed by atoms with van der Waals surface area (Å²) in [5.41, 5.74) is 2.03. The van der Waals surface area contributed by atoms with Crippen LogP contribution in [-0.4, -0.2) is 19.6 Å². The number of benzene rings is 1. The van der Waals surface area contributed by atoms with Crippen LogP contribution < -0.4 is 10.2 Å². The summed E-state index contributed by atoms with van der Waals surface area (Å²) in [6, 6.07) is 5.95. The molecule has 0 amide bonds. The van der Waals surface area contributed by atoms with Crippen molar-refractivity contribution in [3.8, 4) is 0 Å². The summed E-state index contributed by atoms with van der Waals surface area (Å²) in [4.78, 5) is 2.19. The number of nitrogens with zero attached hydrogens (tertiary/aromatic N) is 1. The molecule has 1 aliphatic rings. The minimum Gasteiger partial charge on any atom is -0.372 e. The summed E-state index contributed by atoms with van der Waals surface area (Å²) in [6.07, 6.45) is 3.57. The Labute approximate surface area is 103 Å². The normalized spacial score (nSPS) is 15.0. The molecule has 0 spiro atoms. The third kappa shape index (κ3) is 3.43. The Morgan fingerprint density at radius 2 is 2.12 bits per heavy atom. The molecule has 0 aliphatic heterocycles. The highest BCUT2D eigenvalue weighted by Gasteiger charge is 2.26. The van der Waals surface area contributed by atoms with Gasteiger partial charge in [-0.05, 0) is 49.6 Å². The molecule has 0 saturated heterocycles. The third-order valence-corrected chi connectivity index (χ3v) is 3.20. The van der Waals surface area contributed by atoms with Crippen molar-refractivity contribution in [2.45, 2.75) is 38.8 Å². The molecule has 0 heterocycles. The smallest absolute Gasteiger partial charge is 0.125 e. The van der Waals surface area contributed by atoms with Gasteiger partial charge in [-0.2, -0.15) is 0 Å². The van der Waals surface area contributed by atoms with Crippen LogP contribution in [0.3, 0.4) is 0 Å². The van der Waals surface area contributed by atoms with E-state index in [1.54, 1.807) is 12.1 Å². The van der Waals surface area contributed by atoms with Gasteiger partial charge >= 0.3 is 0 Å². The molecule has 17 heavy (non-hydrogen) atoms. The highest BCUT2D eigenvalue weighted by atomic mass is 19.1. The second-order valence-electron chi connectivity index (χ2n) is 4.84. The maximum Gasteiger partial charge on any atom is 0.125 e. The molecule has 1 aliphatic carbocycles. The topological polar surface area (TPSA) is 15.3 Å². The van der Waals surface area contributed by atoms with Gasteiger partial charge in [0.1, 0.15) is 5.82 Å².